The Bertz CT molecular complexity index is 986. The van der Waals surface area contributed by atoms with Gasteiger partial charge in [-0.1, -0.05) is 54.1 Å². The molecule has 0 spiro atoms. The van der Waals surface area contributed by atoms with E-state index in [4.69, 9.17) is 11.6 Å². The summed E-state index contributed by atoms with van der Waals surface area (Å²) < 4.78 is 0. The second-order valence-electron chi connectivity index (χ2n) is 7.59. The molecule has 3 aromatic rings. The molecule has 0 saturated carbocycles. The summed E-state index contributed by atoms with van der Waals surface area (Å²) in [6, 6.07) is 17.6. The number of halogens is 1. The number of amides is 1. The quantitative estimate of drug-likeness (QED) is 0.624. The lowest BCUT2D eigenvalue weighted by Crippen LogP contribution is -2.47. The smallest absolute Gasteiger partial charge is 0.271 e. The van der Waals surface area contributed by atoms with E-state index in [0.29, 0.717) is 10.7 Å². The Morgan fingerprint density at radius 3 is 2.63 bits per heavy atom. The molecule has 0 aliphatic carbocycles. The fraction of sp³-hybridized carbons (Fsp3) is 0.304. The molecular formula is C23H25ClN4OS. The maximum absolute atomic E-state index is 13.0. The van der Waals surface area contributed by atoms with E-state index >= 15 is 0 Å². The first kappa shape index (κ1) is 21.0. The number of nitrogens with one attached hydrogen (secondary N) is 1. The van der Waals surface area contributed by atoms with E-state index in [-0.39, 0.29) is 11.9 Å². The zero-order valence-corrected chi connectivity index (χ0v) is 18.5. The largest absolute Gasteiger partial charge is 0.343 e. The highest BCUT2D eigenvalue weighted by Gasteiger charge is 2.22. The summed E-state index contributed by atoms with van der Waals surface area (Å²) in [4.78, 5) is 22.3. The molecule has 1 atom stereocenters. The molecule has 1 aromatic heterocycles. The Hall–Kier alpha value is -2.25. The fourth-order valence-electron chi connectivity index (χ4n) is 3.57. The Morgan fingerprint density at radius 2 is 1.90 bits per heavy atom. The molecule has 30 heavy (non-hydrogen) atoms. The maximum atomic E-state index is 13.0. The Labute approximate surface area is 186 Å². The molecule has 5 nitrogen and oxygen atoms in total. The van der Waals surface area contributed by atoms with Crippen LogP contribution >= 0.6 is 22.9 Å². The lowest BCUT2D eigenvalue weighted by atomic mass is 10.1. The van der Waals surface area contributed by atoms with Gasteiger partial charge in [-0.05, 0) is 24.7 Å². The summed E-state index contributed by atoms with van der Waals surface area (Å²) in [7, 11) is 2.15. The molecule has 1 saturated heterocycles. The van der Waals surface area contributed by atoms with Crippen molar-refractivity contribution in [3.8, 4) is 10.6 Å². The molecule has 1 amide bonds. The van der Waals surface area contributed by atoms with Crippen LogP contribution in [0.5, 0.6) is 0 Å². The third-order valence-corrected chi connectivity index (χ3v) is 6.48. The standard InChI is InChI=1S/C23H25ClN4OS/c1-27-10-12-28(13-11-27)15-20(17-6-3-2-4-7-17)25-22(29)21-16-30-23(26-21)18-8-5-9-19(24)14-18/h2-9,14,16,20H,10-13,15H2,1H3,(H,25,29). The van der Waals surface area contributed by atoms with Gasteiger partial charge in [-0.2, -0.15) is 0 Å². The highest BCUT2D eigenvalue weighted by Crippen LogP contribution is 2.26. The second-order valence-corrected chi connectivity index (χ2v) is 8.88. The fourth-order valence-corrected chi connectivity index (χ4v) is 4.56. The van der Waals surface area contributed by atoms with Crippen LogP contribution in [0.15, 0.2) is 60.0 Å². The predicted octanol–water partition coefficient (Wildman–Crippen LogP) is 4.18. The number of piperazine rings is 1. The highest BCUT2D eigenvalue weighted by molar-refractivity contribution is 7.13. The molecule has 1 N–H and O–H groups in total. The molecule has 2 heterocycles. The monoisotopic (exact) mass is 440 g/mol. The van der Waals surface area contributed by atoms with Crippen LogP contribution in [0, 0.1) is 0 Å². The number of carbonyl (C=O) groups excluding carboxylic acids is 1. The number of carbonyl (C=O) groups is 1. The number of hydrogen-bond acceptors (Lipinski definition) is 5. The molecule has 0 bridgehead atoms. The van der Waals surface area contributed by atoms with Crippen LogP contribution in [0.1, 0.15) is 22.1 Å². The third kappa shape index (κ3) is 5.26. The second kappa shape index (κ2) is 9.71. The van der Waals surface area contributed by atoms with Gasteiger partial charge in [0.2, 0.25) is 0 Å². The Kier molecular flexibility index (Phi) is 6.79. The van der Waals surface area contributed by atoms with E-state index in [1.165, 1.54) is 11.3 Å². The van der Waals surface area contributed by atoms with E-state index < -0.39 is 0 Å². The van der Waals surface area contributed by atoms with Crippen molar-refractivity contribution >= 4 is 28.8 Å². The van der Waals surface area contributed by atoms with Crippen LogP contribution in [-0.2, 0) is 0 Å². The summed E-state index contributed by atoms with van der Waals surface area (Å²) in [5, 5.41) is 6.46. The van der Waals surface area contributed by atoms with Crippen molar-refractivity contribution in [3.63, 3.8) is 0 Å². The average molecular weight is 441 g/mol. The molecule has 4 rings (SSSR count). The van der Waals surface area contributed by atoms with Gasteiger partial charge in [0.25, 0.3) is 5.91 Å². The molecule has 1 aliphatic rings. The van der Waals surface area contributed by atoms with Crippen LogP contribution in [0.3, 0.4) is 0 Å². The van der Waals surface area contributed by atoms with Gasteiger partial charge in [0.1, 0.15) is 10.7 Å². The molecule has 156 valence electrons. The lowest BCUT2D eigenvalue weighted by Gasteiger charge is -2.35. The van der Waals surface area contributed by atoms with E-state index in [9.17, 15) is 4.79 Å². The Morgan fingerprint density at radius 1 is 1.13 bits per heavy atom. The van der Waals surface area contributed by atoms with Crippen molar-refractivity contribution in [2.45, 2.75) is 6.04 Å². The molecule has 7 heteroatoms. The highest BCUT2D eigenvalue weighted by atomic mass is 35.5. The summed E-state index contributed by atoms with van der Waals surface area (Å²) in [6.45, 7) is 4.89. The SMILES string of the molecule is CN1CCN(CC(NC(=O)c2csc(-c3cccc(Cl)c3)n2)c2ccccc2)CC1. The van der Waals surface area contributed by atoms with Crippen molar-refractivity contribution in [2.75, 3.05) is 39.8 Å². The zero-order valence-electron chi connectivity index (χ0n) is 16.9. The van der Waals surface area contributed by atoms with Crippen LogP contribution < -0.4 is 5.32 Å². The number of nitrogens with zero attached hydrogens (tertiary/aromatic N) is 3. The predicted molar refractivity (Wildman–Crippen MR) is 123 cm³/mol. The summed E-state index contributed by atoms with van der Waals surface area (Å²) >= 11 is 7.54. The minimum atomic E-state index is -0.150. The summed E-state index contributed by atoms with van der Waals surface area (Å²) in [5.74, 6) is -0.150. The first-order chi connectivity index (χ1) is 14.6. The van der Waals surface area contributed by atoms with E-state index in [1.807, 2.05) is 47.8 Å². The summed E-state index contributed by atoms with van der Waals surface area (Å²) in [5.41, 5.74) is 2.47. The van der Waals surface area contributed by atoms with Crippen molar-refractivity contribution in [1.82, 2.24) is 20.1 Å². The third-order valence-electron chi connectivity index (χ3n) is 5.35. The van der Waals surface area contributed by atoms with Crippen LogP contribution in [0.2, 0.25) is 5.02 Å². The Balaban J connectivity index is 1.49. The molecule has 1 unspecified atom stereocenters. The maximum Gasteiger partial charge on any atom is 0.271 e. The van der Waals surface area contributed by atoms with Gasteiger partial charge >= 0.3 is 0 Å². The minimum absolute atomic E-state index is 0.0848. The number of likely N-dealkylation sites (N-methyl/N-ethyl adjacent to an activating group) is 1. The first-order valence-electron chi connectivity index (χ1n) is 10.1. The number of thiazole rings is 1. The number of hydrogen-bond donors (Lipinski definition) is 1. The molecule has 2 aromatic carbocycles. The van der Waals surface area contributed by atoms with Gasteiger partial charge in [-0.3, -0.25) is 9.69 Å². The van der Waals surface area contributed by atoms with Crippen molar-refractivity contribution < 1.29 is 4.79 Å². The first-order valence-corrected chi connectivity index (χ1v) is 11.3. The molecule has 0 radical (unpaired) electrons. The minimum Gasteiger partial charge on any atom is -0.343 e. The van der Waals surface area contributed by atoms with Gasteiger partial charge in [0.05, 0.1) is 6.04 Å². The van der Waals surface area contributed by atoms with E-state index in [1.54, 1.807) is 0 Å². The van der Waals surface area contributed by atoms with E-state index in [0.717, 1.165) is 48.9 Å². The average Bonchev–Trinajstić information content (AvgIpc) is 3.26. The normalized spacial score (nSPS) is 16.3. The number of rotatable bonds is 6. The summed E-state index contributed by atoms with van der Waals surface area (Å²) in [6.07, 6.45) is 0. The van der Waals surface area contributed by atoms with Gasteiger partial charge in [-0.25, -0.2) is 4.98 Å². The van der Waals surface area contributed by atoms with Crippen molar-refractivity contribution in [2.24, 2.45) is 0 Å². The van der Waals surface area contributed by atoms with Crippen LogP contribution in [-0.4, -0.2) is 60.5 Å². The van der Waals surface area contributed by atoms with Crippen LogP contribution in [0.25, 0.3) is 10.6 Å². The molecule has 1 aliphatic heterocycles. The van der Waals surface area contributed by atoms with Gasteiger partial charge in [-0.15, -0.1) is 11.3 Å². The van der Waals surface area contributed by atoms with E-state index in [2.05, 4.69) is 39.3 Å². The number of aromatic nitrogens is 1. The topological polar surface area (TPSA) is 48.5 Å². The zero-order chi connectivity index (χ0) is 20.9. The van der Waals surface area contributed by atoms with Crippen molar-refractivity contribution in [3.05, 3.63) is 76.3 Å². The van der Waals surface area contributed by atoms with Gasteiger partial charge in [0, 0.05) is 48.7 Å². The van der Waals surface area contributed by atoms with Gasteiger partial charge in [0.15, 0.2) is 0 Å². The lowest BCUT2D eigenvalue weighted by molar-refractivity contribution is 0.0903. The number of benzene rings is 2. The van der Waals surface area contributed by atoms with Gasteiger partial charge < -0.3 is 10.2 Å². The van der Waals surface area contributed by atoms with Crippen LogP contribution in [0.4, 0.5) is 0 Å². The molecule has 1 fully saturated rings. The molecular weight excluding hydrogens is 416 g/mol. The van der Waals surface area contributed by atoms with Crippen molar-refractivity contribution in [1.29, 1.82) is 0 Å².